The molecule has 0 spiro atoms. The second-order valence-corrected chi connectivity index (χ2v) is 4.18. The molecule has 2 aromatic heterocycles. The van der Waals surface area contributed by atoms with Gasteiger partial charge in [-0.25, -0.2) is 0 Å². The SMILES string of the molecule is O[B]O.c1cncc(-c2cccc(-c3cccnc3)c2)c1. The molecule has 0 saturated carbocycles. The van der Waals surface area contributed by atoms with E-state index in [1.165, 1.54) is 11.1 Å². The Labute approximate surface area is 124 Å². The van der Waals surface area contributed by atoms with Crippen molar-refractivity contribution in [3.8, 4) is 22.3 Å². The van der Waals surface area contributed by atoms with Crippen LogP contribution in [0.5, 0.6) is 0 Å². The van der Waals surface area contributed by atoms with Crippen LogP contribution in [0.15, 0.2) is 73.3 Å². The van der Waals surface area contributed by atoms with Gasteiger partial charge in [-0.2, -0.15) is 0 Å². The summed E-state index contributed by atoms with van der Waals surface area (Å²) in [6, 6.07) is 16.4. The van der Waals surface area contributed by atoms with E-state index in [1.54, 1.807) is 12.4 Å². The lowest BCUT2D eigenvalue weighted by Crippen LogP contribution is -1.82. The maximum Gasteiger partial charge on any atom is 0.482 e. The lowest BCUT2D eigenvalue weighted by molar-refractivity contribution is 0.448. The van der Waals surface area contributed by atoms with Crippen LogP contribution in [0.25, 0.3) is 22.3 Å². The predicted octanol–water partition coefficient (Wildman–Crippen LogP) is 2.32. The number of hydrogen-bond donors (Lipinski definition) is 2. The zero-order valence-electron chi connectivity index (χ0n) is 11.3. The van der Waals surface area contributed by atoms with Crippen molar-refractivity contribution in [3.05, 3.63) is 73.3 Å². The number of nitrogens with zero attached hydrogens (tertiary/aromatic N) is 2. The molecular weight excluding hydrogens is 263 g/mol. The van der Waals surface area contributed by atoms with Gasteiger partial charge in [0.2, 0.25) is 0 Å². The number of aromatic nitrogens is 2. The standard InChI is InChI=1S/C16H12N2.BH2O2/c1-4-13(15-6-2-8-17-11-15)10-14(5-1)16-7-3-9-18-12-16;2-1-3/h1-12H;2-3H. The first-order chi connectivity index (χ1) is 10.3. The second kappa shape index (κ2) is 7.94. The first kappa shape index (κ1) is 14.9. The van der Waals surface area contributed by atoms with Crippen molar-refractivity contribution in [2.75, 3.05) is 0 Å². The van der Waals surface area contributed by atoms with Crippen molar-refractivity contribution in [1.82, 2.24) is 9.97 Å². The molecule has 1 aromatic carbocycles. The summed E-state index contributed by atoms with van der Waals surface area (Å²) in [5.74, 6) is 0. The van der Waals surface area contributed by atoms with E-state index in [1.807, 2.05) is 24.5 Å². The third kappa shape index (κ3) is 4.24. The Hall–Kier alpha value is -2.50. The zero-order chi connectivity index (χ0) is 14.9. The molecule has 0 saturated heterocycles. The van der Waals surface area contributed by atoms with Crippen molar-refractivity contribution in [2.45, 2.75) is 0 Å². The van der Waals surface area contributed by atoms with Crippen LogP contribution in [-0.2, 0) is 0 Å². The van der Waals surface area contributed by atoms with Crippen LogP contribution in [-0.4, -0.2) is 27.7 Å². The average Bonchev–Trinajstić information content (AvgIpc) is 2.57. The first-order valence-corrected chi connectivity index (χ1v) is 6.36. The van der Waals surface area contributed by atoms with Gasteiger partial charge >= 0.3 is 7.69 Å². The summed E-state index contributed by atoms with van der Waals surface area (Å²) in [7, 11) is 0. The fourth-order valence-electron chi connectivity index (χ4n) is 1.95. The topological polar surface area (TPSA) is 66.2 Å². The van der Waals surface area contributed by atoms with Crippen LogP contribution >= 0.6 is 0 Å². The third-order valence-electron chi connectivity index (χ3n) is 2.85. The monoisotopic (exact) mass is 277 g/mol. The average molecular weight is 277 g/mol. The lowest BCUT2D eigenvalue weighted by atomic mass is 10.0. The van der Waals surface area contributed by atoms with Gasteiger partial charge in [0.25, 0.3) is 0 Å². The minimum atomic E-state index is 0. The Morgan fingerprint density at radius 1 is 0.667 bits per heavy atom. The van der Waals surface area contributed by atoms with E-state index in [0.717, 1.165) is 11.1 Å². The fraction of sp³-hybridized carbons (Fsp3) is 0. The normalized spacial score (nSPS) is 9.43. The van der Waals surface area contributed by atoms with Gasteiger partial charge in [-0.05, 0) is 29.3 Å². The van der Waals surface area contributed by atoms with Crippen LogP contribution in [0, 0.1) is 0 Å². The Morgan fingerprint density at radius 2 is 1.10 bits per heavy atom. The Bertz CT molecular complexity index is 609. The van der Waals surface area contributed by atoms with Crippen molar-refractivity contribution in [1.29, 1.82) is 0 Å². The number of rotatable bonds is 2. The third-order valence-corrected chi connectivity index (χ3v) is 2.85. The van der Waals surface area contributed by atoms with Crippen LogP contribution in [0.3, 0.4) is 0 Å². The van der Waals surface area contributed by atoms with Crippen LogP contribution in [0.4, 0.5) is 0 Å². The molecule has 103 valence electrons. The molecule has 0 aliphatic rings. The maximum atomic E-state index is 7.00. The number of benzene rings is 1. The molecule has 0 amide bonds. The van der Waals surface area contributed by atoms with E-state index >= 15 is 0 Å². The van der Waals surface area contributed by atoms with Gasteiger partial charge < -0.3 is 10.0 Å². The number of hydrogen-bond acceptors (Lipinski definition) is 4. The van der Waals surface area contributed by atoms with E-state index in [4.69, 9.17) is 10.0 Å². The van der Waals surface area contributed by atoms with Crippen molar-refractivity contribution < 1.29 is 10.0 Å². The van der Waals surface area contributed by atoms with Crippen molar-refractivity contribution in [3.63, 3.8) is 0 Å². The van der Waals surface area contributed by atoms with E-state index < -0.39 is 0 Å². The predicted molar refractivity (Wildman–Crippen MR) is 83.1 cm³/mol. The van der Waals surface area contributed by atoms with E-state index in [-0.39, 0.29) is 7.69 Å². The highest BCUT2D eigenvalue weighted by molar-refractivity contribution is 6.13. The van der Waals surface area contributed by atoms with Gasteiger partial charge in [0.1, 0.15) is 0 Å². The lowest BCUT2D eigenvalue weighted by Gasteiger charge is -2.05. The number of pyridine rings is 2. The Morgan fingerprint density at radius 3 is 1.48 bits per heavy atom. The molecule has 0 fully saturated rings. The zero-order valence-corrected chi connectivity index (χ0v) is 11.3. The molecule has 2 heterocycles. The summed E-state index contributed by atoms with van der Waals surface area (Å²) < 4.78 is 0. The highest BCUT2D eigenvalue weighted by Gasteiger charge is 2.01. The molecule has 4 nitrogen and oxygen atoms in total. The van der Waals surface area contributed by atoms with E-state index in [9.17, 15) is 0 Å². The Balaban J connectivity index is 0.000000497. The summed E-state index contributed by atoms with van der Waals surface area (Å²) in [4.78, 5) is 8.30. The second-order valence-electron chi connectivity index (χ2n) is 4.18. The summed E-state index contributed by atoms with van der Waals surface area (Å²) in [6.45, 7) is 0. The summed E-state index contributed by atoms with van der Waals surface area (Å²) in [5.41, 5.74) is 4.60. The minimum Gasteiger partial charge on any atom is -0.429 e. The van der Waals surface area contributed by atoms with Crippen LogP contribution in [0.1, 0.15) is 0 Å². The molecule has 0 aliphatic heterocycles. The molecular formula is C16H14BN2O2. The van der Waals surface area contributed by atoms with Gasteiger partial charge in [0, 0.05) is 35.9 Å². The highest BCUT2D eigenvalue weighted by Crippen LogP contribution is 2.25. The molecule has 21 heavy (non-hydrogen) atoms. The fourth-order valence-corrected chi connectivity index (χ4v) is 1.95. The van der Waals surface area contributed by atoms with Gasteiger partial charge in [-0.15, -0.1) is 0 Å². The van der Waals surface area contributed by atoms with Crippen molar-refractivity contribution in [2.24, 2.45) is 0 Å². The van der Waals surface area contributed by atoms with Gasteiger partial charge in [-0.1, -0.05) is 30.3 Å². The highest BCUT2D eigenvalue weighted by atomic mass is 16.4. The van der Waals surface area contributed by atoms with Gasteiger partial charge in [-0.3, -0.25) is 9.97 Å². The first-order valence-electron chi connectivity index (χ1n) is 6.36. The molecule has 2 N–H and O–H groups in total. The summed E-state index contributed by atoms with van der Waals surface area (Å²) in [5, 5.41) is 14.0. The molecule has 0 bridgehead atoms. The summed E-state index contributed by atoms with van der Waals surface area (Å²) >= 11 is 0. The van der Waals surface area contributed by atoms with E-state index in [2.05, 4.69) is 46.4 Å². The Kier molecular flexibility index (Phi) is 5.64. The molecule has 1 radical (unpaired) electrons. The minimum absolute atomic E-state index is 0. The smallest absolute Gasteiger partial charge is 0.429 e. The molecule has 0 atom stereocenters. The largest absolute Gasteiger partial charge is 0.482 e. The maximum absolute atomic E-state index is 7.00. The molecule has 0 unspecified atom stereocenters. The molecule has 3 rings (SSSR count). The van der Waals surface area contributed by atoms with Crippen LogP contribution < -0.4 is 0 Å². The van der Waals surface area contributed by atoms with Crippen LogP contribution in [0.2, 0.25) is 0 Å². The summed E-state index contributed by atoms with van der Waals surface area (Å²) in [6.07, 6.45) is 7.33. The molecule has 3 aromatic rings. The van der Waals surface area contributed by atoms with Gasteiger partial charge in [0.15, 0.2) is 0 Å². The van der Waals surface area contributed by atoms with Crippen molar-refractivity contribution >= 4 is 7.69 Å². The van der Waals surface area contributed by atoms with E-state index in [0.29, 0.717) is 0 Å². The molecule has 5 heteroatoms. The quantitative estimate of drug-likeness (QED) is 0.705. The van der Waals surface area contributed by atoms with Gasteiger partial charge in [0.05, 0.1) is 0 Å². The molecule has 0 aliphatic carbocycles.